The molecular weight excluding hydrogens is 306 g/mol. The van der Waals surface area contributed by atoms with E-state index in [1.807, 2.05) is 6.07 Å². The van der Waals surface area contributed by atoms with Crippen molar-refractivity contribution in [2.75, 3.05) is 57.7 Å². The number of piperidine rings is 1. The first-order valence-corrected chi connectivity index (χ1v) is 8.85. The lowest BCUT2D eigenvalue weighted by Gasteiger charge is -2.26. The third-order valence-corrected chi connectivity index (χ3v) is 4.58. The van der Waals surface area contributed by atoms with Crippen molar-refractivity contribution in [1.29, 1.82) is 0 Å². The van der Waals surface area contributed by atoms with Gasteiger partial charge in [-0.15, -0.1) is 0 Å². The molecule has 3 N–H and O–H groups in total. The van der Waals surface area contributed by atoms with Crippen molar-refractivity contribution >= 4 is 11.7 Å². The lowest BCUT2D eigenvalue weighted by Crippen LogP contribution is -2.44. The molecule has 3 rings (SSSR count). The van der Waals surface area contributed by atoms with Gasteiger partial charge in [0.25, 0.3) is 0 Å². The van der Waals surface area contributed by atoms with Crippen molar-refractivity contribution in [1.82, 2.24) is 20.5 Å². The largest absolute Gasteiger partial charge is 0.491 e. The van der Waals surface area contributed by atoms with Crippen LogP contribution in [0, 0.1) is 5.92 Å². The Balaban J connectivity index is 1.40. The summed E-state index contributed by atoms with van der Waals surface area (Å²) in [4.78, 5) is 18.8. The van der Waals surface area contributed by atoms with E-state index in [1.165, 1.54) is 0 Å². The van der Waals surface area contributed by atoms with E-state index in [1.54, 1.807) is 12.3 Å². The Hall–Kier alpha value is -1.70. The van der Waals surface area contributed by atoms with Gasteiger partial charge < -0.3 is 20.7 Å². The number of nitrogens with one attached hydrogen (secondary N) is 3. The molecular formula is C17H27N5O2. The zero-order valence-electron chi connectivity index (χ0n) is 14.1. The summed E-state index contributed by atoms with van der Waals surface area (Å²) >= 11 is 0. The molecule has 1 aromatic rings. The van der Waals surface area contributed by atoms with Crippen LogP contribution >= 0.6 is 0 Å². The highest BCUT2D eigenvalue weighted by Gasteiger charge is 2.21. The standard InChI is InChI=1S/C17H27N5O2/c23-17(14-3-5-18-6-4-14)21-16-2-1-15(13-20-16)24-12-11-22-9-7-19-8-10-22/h1-2,13-14,18-19H,3-12H2,(H,20,21,23). The van der Waals surface area contributed by atoms with Crippen molar-refractivity contribution in [2.24, 2.45) is 5.92 Å². The molecule has 7 nitrogen and oxygen atoms in total. The zero-order valence-corrected chi connectivity index (χ0v) is 14.1. The maximum absolute atomic E-state index is 12.2. The number of pyridine rings is 1. The summed E-state index contributed by atoms with van der Waals surface area (Å²) in [6.07, 6.45) is 3.45. The van der Waals surface area contributed by atoms with Crippen LogP contribution in [-0.2, 0) is 4.79 Å². The number of anilines is 1. The number of rotatable bonds is 6. The van der Waals surface area contributed by atoms with E-state index in [0.29, 0.717) is 12.4 Å². The molecule has 3 heterocycles. The van der Waals surface area contributed by atoms with Crippen LogP contribution in [0.2, 0.25) is 0 Å². The van der Waals surface area contributed by atoms with E-state index in [0.717, 1.165) is 64.4 Å². The van der Waals surface area contributed by atoms with Crippen LogP contribution in [0.5, 0.6) is 5.75 Å². The molecule has 1 aromatic heterocycles. The maximum Gasteiger partial charge on any atom is 0.228 e. The van der Waals surface area contributed by atoms with Gasteiger partial charge in [0.2, 0.25) is 5.91 Å². The molecule has 2 aliphatic rings. The molecule has 24 heavy (non-hydrogen) atoms. The summed E-state index contributed by atoms with van der Waals surface area (Å²) in [5.74, 6) is 1.48. The monoisotopic (exact) mass is 333 g/mol. The van der Waals surface area contributed by atoms with Crippen molar-refractivity contribution < 1.29 is 9.53 Å². The smallest absolute Gasteiger partial charge is 0.228 e. The minimum Gasteiger partial charge on any atom is -0.491 e. The molecule has 0 atom stereocenters. The number of amides is 1. The molecule has 2 fully saturated rings. The molecule has 0 bridgehead atoms. The molecule has 2 aliphatic heterocycles. The van der Waals surface area contributed by atoms with E-state index in [9.17, 15) is 4.79 Å². The van der Waals surface area contributed by atoms with Gasteiger partial charge in [-0.05, 0) is 38.1 Å². The zero-order chi connectivity index (χ0) is 16.6. The Bertz CT molecular complexity index is 510. The molecule has 7 heteroatoms. The van der Waals surface area contributed by atoms with E-state index in [2.05, 4.69) is 25.8 Å². The van der Waals surface area contributed by atoms with E-state index in [4.69, 9.17) is 4.74 Å². The van der Waals surface area contributed by atoms with Crippen LogP contribution in [0.15, 0.2) is 18.3 Å². The number of hydrogen-bond acceptors (Lipinski definition) is 6. The summed E-state index contributed by atoms with van der Waals surface area (Å²) in [7, 11) is 0. The fraction of sp³-hybridized carbons (Fsp3) is 0.647. The minimum absolute atomic E-state index is 0.0661. The minimum atomic E-state index is 0.0661. The Morgan fingerprint density at radius 1 is 1.21 bits per heavy atom. The predicted octanol–water partition coefficient (Wildman–Crippen LogP) is 0.304. The Morgan fingerprint density at radius 2 is 1.96 bits per heavy atom. The molecule has 0 spiro atoms. The van der Waals surface area contributed by atoms with E-state index >= 15 is 0 Å². The molecule has 1 amide bonds. The number of nitrogens with zero attached hydrogens (tertiary/aromatic N) is 2. The topological polar surface area (TPSA) is 78.5 Å². The van der Waals surface area contributed by atoms with Crippen LogP contribution in [0.25, 0.3) is 0 Å². The third-order valence-electron chi connectivity index (χ3n) is 4.58. The van der Waals surface area contributed by atoms with Crippen LogP contribution in [0.4, 0.5) is 5.82 Å². The van der Waals surface area contributed by atoms with Crippen LogP contribution in [0.1, 0.15) is 12.8 Å². The van der Waals surface area contributed by atoms with E-state index < -0.39 is 0 Å². The highest BCUT2D eigenvalue weighted by Crippen LogP contribution is 2.16. The van der Waals surface area contributed by atoms with Gasteiger partial charge in [-0.3, -0.25) is 9.69 Å². The van der Waals surface area contributed by atoms with Crippen LogP contribution < -0.4 is 20.7 Å². The number of ether oxygens (including phenoxy) is 1. The van der Waals surface area contributed by atoms with Crippen molar-refractivity contribution in [3.05, 3.63) is 18.3 Å². The highest BCUT2D eigenvalue weighted by atomic mass is 16.5. The van der Waals surface area contributed by atoms with Gasteiger partial charge in [-0.25, -0.2) is 4.98 Å². The van der Waals surface area contributed by atoms with Crippen LogP contribution in [-0.4, -0.2) is 68.2 Å². The normalized spacial score (nSPS) is 19.8. The van der Waals surface area contributed by atoms with Gasteiger partial charge in [0.15, 0.2) is 0 Å². The second kappa shape index (κ2) is 8.96. The van der Waals surface area contributed by atoms with E-state index in [-0.39, 0.29) is 11.8 Å². The fourth-order valence-corrected chi connectivity index (χ4v) is 3.08. The van der Waals surface area contributed by atoms with Gasteiger partial charge >= 0.3 is 0 Å². The Morgan fingerprint density at radius 3 is 2.67 bits per heavy atom. The maximum atomic E-state index is 12.2. The first-order chi connectivity index (χ1) is 11.8. The SMILES string of the molecule is O=C(Nc1ccc(OCCN2CCNCC2)cn1)C1CCNCC1. The van der Waals surface area contributed by atoms with Crippen molar-refractivity contribution in [2.45, 2.75) is 12.8 Å². The van der Waals surface area contributed by atoms with Gasteiger partial charge in [0, 0.05) is 38.6 Å². The molecule has 132 valence electrons. The second-order valence-electron chi connectivity index (χ2n) is 6.33. The molecule has 2 saturated heterocycles. The van der Waals surface area contributed by atoms with Gasteiger partial charge in [0.1, 0.15) is 18.2 Å². The molecule has 0 radical (unpaired) electrons. The summed E-state index contributed by atoms with van der Waals surface area (Å²) in [5, 5.41) is 9.50. The number of carbonyl (C=O) groups excluding carboxylic acids is 1. The summed E-state index contributed by atoms with van der Waals surface area (Å²) in [5.41, 5.74) is 0. The van der Waals surface area contributed by atoms with Crippen LogP contribution in [0.3, 0.4) is 0 Å². The third kappa shape index (κ3) is 5.15. The molecule has 0 unspecified atom stereocenters. The lowest BCUT2D eigenvalue weighted by atomic mass is 9.97. The average Bonchev–Trinajstić information content (AvgIpc) is 2.65. The van der Waals surface area contributed by atoms with Crippen molar-refractivity contribution in [3.63, 3.8) is 0 Å². The van der Waals surface area contributed by atoms with Gasteiger partial charge in [-0.2, -0.15) is 0 Å². The summed E-state index contributed by atoms with van der Waals surface area (Å²) < 4.78 is 5.74. The fourth-order valence-electron chi connectivity index (χ4n) is 3.08. The number of carbonyl (C=O) groups is 1. The molecule has 0 saturated carbocycles. The molecule has 0 aromatic carbocycles. The quantitative estimate of drug-likeness (QED) is 0.695. The van der Waals surface area contributed by atoms with Gasteiger partial charge in [0.05, 0.1) is 6.20 Å². The van der Waals surface area contributed by atoms with Gasteiger partial charge in [-0.1, -0.05) is 0 Å². The first-order valence-electron chi connectivity index (χ1n) is 8.85. The van der Waals surface area contributed by atoms with Crippen molar-refractivity contribution in [3.8, 4) is 5.75 Å². The lowest BCUT2D eigenvalue weighted by molar-refractivity contribution is -0.120. The number of piperazine rings is 1. The summed E-state index contributed by atoms with van der Waals surface area (Å²) in [6, 6.07) is 3.67. The number of aromatic nitrogens is 1. The second-order valence-corrected chi connectivity index (χ2v) is 6.33. The number of hydrogen-bond donors (Lipinski definition) is 3. The Kier molecular flexibility index (Phi) is 6.40. The first kappa shape index (κ1) is 17.1. The highest BCUT2D eigenvalue weighted by molar-refractivity contribution is 5.91. The average molecular weight is 333 g/mol. The predicted molar refractivity (Wildman–Crippen MR) is 93.3 cm³/mol. The summed E-state index contributed by atoms with van der Waals surface area (Å²) in [6.45, 7) is 7.64. The molecule has 0 aliphatic carbocycles. The Labute approximate surface area is 143 Å².